The van der Waals surface area contributed by atoms with Crippen LogP contribution in [0.25, 0.3) is 10.9 Å². The molecule has 2 aromatic rings. The van der Waals surface area contributed by atoms with Crippen LogP contribution < -0.4 is 15.5 Å². The minimum atomic E-state index is 0.0581. The summed E-state index contributed by atoms with van der Waals surface area (Å²) in [5, 5.41) is 7.93. The molecule has 6 heteroatoms. The van der Waals surface area contributed by atoms with Crippen molar-refractivity contribution in [3.05, 3.63) is 35.9 Å². The summed E-state index contributed by atoms with van der Waals surface area (Å²) in [5.74, 6) is 1.70. The fraction of sp³-hybridized carbons (Fsp3) is 0.524. The maximum Gasteiger partial charge on any atom is 0.191 e. The summed E-state index contributed by atoms with van der Waals surface area (Å²) >= 11 is 0. The van der Waals surface area contributed by atoms with Crippen LogP contribution in [0.5, 0.6) is 0 Å². The Hall–Kier alpha value is -2.34. The van der Waals surface area contributed by atoms with Gasteiger partial charge in [-0.2, -0.15) is 0 Å². The van der Waals surface area contributed by atoms with Crippen molar-refractivity contribution in [2.45, 2.75) is 33.4 Å². The van der Waals surface area contributed by atoms with E-state index in [9.17, 15) is 0 Å². The minimum Gasteiger partial charge on any atom is -0.379 e. The molecule has 1 atom stereocenters. The largest absolute Gasteiger partial charge is 0.379 e. The summed E-state index contributed by atoms with van der Waals surface area (Å²) in [6.07, 6.45) is 0.0955. The normalized spacial score (nSPS) is 13.5. The number of guanidine groups is 1. The zero-order valence-corrected chi connectivity index (χ0v) is 17.6. The Morgan fingerprint density at radius 1 is 1.22 bits per heavy atom. The van der Waals surface area contributed by atoms with Crippen LogP contribution in [0.4, 0.5) is 5.82 Å². The maximum absolute atomic E-state index is 5.61. The number of anilines is 1. The highest BCUT2D eigenvalue weighted by atomic mass is 16.5. The van der Waals surface area contributed by atoms with E-state index in [0.29, 0.717) is 13.1 Å². The van der Waals surface area contributed by atoms with E-state index in [1.165, 1.54) is 5.56 Å². The van der Waals surface area contributed by atoms with Crippen LogP contribution in [-0.2, 0) is 11.3 Å². The van der Waals surface area contributed by atoms with E-state index in [1.54, 1.807) is 14.2 Å². The van der Waals surface area contributed by atoms with Crippen molar-refractivity contribution < 1.29 is 4.74 Å². The fourth-order valence-electron chi connectivity index (χ4n) is 2.94. The van der Waals surface area contributed by atoms with Crippen molar-refractivity contribution in [1.82, 2.24) is 15.6 Å². The monoisotopic (exact) mass is 371 g/mol. The average molecular weight is 372 g/mol. The summed E-state index contributed by atoms with van der Waals surface area (Å²) in [6, 6.07) is 10.3. The summed E-state index contributed by atoms with van der Waals surface area (Å²) in [6.45, 7) is 7.87. The number of hydrogen-bond donors (Lipinski definition) is 2. The molecule has 0 aliphatic carbocycles. The third-order valence-electron chi connectivity index (χ3n) is 4.62. The number of pyridine rings is 1. The molecular weight excluding hydrogens is 338 g/mol. The lowest BCUT2D eigenvalue weighted by Crippen LogP contribution is -2.45. The number of aliphatic imine (C=N–C) groups is 1. The highest BCUT2D eigenvalue weighted by Gasteiger charge is 2.24. The van der Waals surface area contributed by atoms with Crippen molar-refractivity contribution in [3.8, 4) is 0 Å². The molecule has 0 radical (unpaired) electrons. The van der Waals surface area contributed by atoms with Crippen molar-refractivity contribution >= 4 is 22.7 Å². The summed E-state index contributed by atoms with van der Waals surface area (Å²) in [4.78, 5) is 11.1. The van der Waals surface area contributed by atoms with E-state index >= 15 is 0 Å². The van der Waals surface area contributed by atoms with Gasteiger partial charge in [0.15, 0.2) is 5.96 Å². The molecule has 0 amide bonds. The molecule has 0 spiro atoms. The van der Waals surface area contributed by atoms with Gasteiger partial charge in [-0.3, -0.25) is 4.99 Å². The van der Waals surface area contributed by atoms with Crippen LogP contribution in [0.15, 0.2) is 35.3 Å². The third-order valence-corrected chi connectivity index (χ3v) is 4.62. The molecule has 0 saturated heterocycles. The van der Waals surface area contributed by atoms with Crippen LogP contribution in [0.3, 0.4) is 0 Å². The molecule has 1 aromatic heterocycles. The van der Waals surface area contributed by atoms with Gasteiger partial charge in [0, 0.05) is 46.7 Å². The summed E-state index contributed by atoms with van der Waals surface area (Å²) in [7, 11) is 7.54. The number of hydrogen-bond acceptors (Lipinski definition) is 4. The second-order valence-electron chi connectivity index (χ2n) is 7.95. The second-order valence-corrected chi connectivity index (χ2v) is 7.95. The molecule has 2 rings (SSSR count). The van der Waals surface area contributed by atoms with Gasteiger partial charge in [-0.25, -0.2) is 4.98 Å². The quantitative estimate of drug-likeness (QED) is 0.604. The average Bonchev–Trinajstić information content (AvgIpc) is 2.63. The molecule has 1 unspecified atom stereocenters. The van der Waals surface area contributed by atoms with Crippen LogP contribution in [0.2, 0.25) is 0 Å². The number of methoxy groups -OCH3 is 1. The lowest BCUT2D eigenvalue weighted by Gasteiger charge is -2.30. The lowest BCUT2D eigenvalue weighted by molar-refractivity contribution is 0.0205. The van der Waals surface area contributed by atoms with E-state index in [-0.39, 0.29) is 11.5 Å². The molecule has 6 nitrogen and oxygen atoms in total. The molecule has 1 aromatic carbocycles. The van der Waals surface area contributed by atoms with Gasteiger partial charge in [0.1, 0.15) is 5.82 Å². The van der Waals surface area contributed by atoms with E-state index < -0.39 is 0 Å². The van der Waals surface area contributed by atoms with Gasteiger partial charge in [0.2, 0.25) is 0 Å². The lowest BCUT2D eigenvalue weighted by atomic mass is 9.89. The van der Waals surface area contributed by atoms with E-state index in [1.807, 2.05) is 37.2 Å². The first-order chi connectivity index (χ1) is 12.8. The smallest absolute Gasteiger partial charge is 0.191 e. The Balaban J connectivity index is 2.12. The number of aromatic nitrogens is 1. The molecular formula is C21H33N5O. The second kappa shape index (κ2) is 9.04. The molecule has 0 fully saturated rings. The maximum atomic E-state index is 5.61. The van der Waals surface area contributed by atoms with Crippen LogP contribution in [0, 0.1) is 5.41 Å². The Labute approximate surface area is 163 Å². The van der Waals surface area contributed by atoms with Crippen molar-refractivity contribution in [2.75, 3.05) is 39.7 Å². The van der Waals surface area contributed by atoms with Gasteiger partial charge in [-0.1, -0.05) is 39.0 Å². The van der Waals surface area contributed by atoms with E-state index in [0.717, 1.165) is 22.7 Å². The predicted molar refractivity (Wildman–Crippen MR) is 115 cm³/mol. The Morgan fingerprint density at radius 2 is 1.93 bits per heavy atom. The van der Waals surface area contributed by atoms with Crippen molar-refractivity contribution in [1.29, 1.82) is 0 Å². The number of ether oxygens (including phenoxy) is 1. The number of nitrogens with one attached hydrogen (secondary N) is 2. The van der Waals surface area contributed by atoms with Gasteiger partial charge in [-0.05, 0) is 23.1 Å². The third kappa shape index (κ3) is 5.57. The van der Waals surface area contributed by atoms with Gasteiger partial charge >= 0.3 is 0 Å². The number of benzene rings is 1. The molecule has 0 aliphatic rings. The Kier molecular flexibility index (Phi) is 7.02. The molecule has 0 saturated carbocycles. The molecule has 27 heavy (non-hydrogen) atoms. The molecule has 148 valence electrons. The predicted octanol–water partition coefficient (Wildman–Crippen LogP) is 3.03. The van der Waals surface area contributed by atoms with Crippen molar-refractivity contribution in [3.63, 3.8) is 0 Å². The Bertz CT molecular complexity index is 780. The van der Waals surface area contributed by atoms with Gasteiger partial charge in [0.25, 0.3) is 0 Å². The van der Waals surface area contributed by atoms with Gasteiger partial charge in [-0.15, -0.1) is 0 Å². The first kappa shape index (κ1) is 21.0. The first-order valence-corrected chi connectivity index (χ1v) is 9.29. The summed E-state index contributed by atoms with van der Waals surface area (Å²) < 4.78 is 5.61. The number of fused-ring (bicyclic) bond motifs is 1. The number of nitrogens with zero attached hydrogens (tertiary/aromatic N) is 3. The van der Waals surface area contributed by atoms with Crippen molar-refractivity contribution in [2.24, 2.45) is 10.4 Å². The van der Waals surface area contributed by atoms with Gasteiger partial charge in [0.05, 0.1) is 11.6 Å². The molecule has 0 aliphatic heterocycles. The summed E-state index contributed by atoms with van der Waals surface area (Å²) in [5.41, 5.74) is 2.24. The SMILES string of the molecule is CN=C(NCc1cc(N(C)C)nc2ccccc12)NCC(OC)C(C)(C)C. The highest BCUT2D eigenvalue weighted by Crippen LogP contribution is 2.22. The minimum absolute atomic E-state index is 0.0581. The molecule has 0 bridgehead atoms. The van der Waals surface area contributed by atoms with E-state index in [4.69, 9.17) is 9.72 Å². The zero-order valence-electron chi connectivity index (χ0n) is 17.6. The highest BCUT2D eigenvalue weighted by molar-refractivity contribution is 5.85. The molecule has 1 heterocycles. The zero-order chi connectivity index (χ0) is 20.0. The van der Waals surface area contributed by atoms with E-state index in [2.05, 4.69) is 48.5 Å². The number of rotatable bonds is 6. The van der Waals surface area contributed by atoms with Crippen LogP contribution in [0.1, 0.15) is 26.3 Å². The van der Waals surface area contributed by atoms with Gasteiger partial charge < -0.3 is 20.3 Å². The topological polar surface area (TPSA) is 61.8 Å². The Morgan fingerprint density at radius 3 is 2.52 bits per heavy atom. The fourth-order valence-corrected chi connectivity index (χ4v) is 2.94. The first-order valence-electron chi connectivity index (χ1n) is 9.29. The number of para-hydroxylation sites is 1. The van der Waals surface area contributed by atoms with Crippen LogP contribution in [-0.4, -0.2) is 51.8 Å². The molecule has 2 N–H and O–H groups in total. The van der Waals surface area contributed by atoms with Crippen LogP contribution >= 0.6 is 0 Å². The standard InChI is InChI=1S/C21H33N5O/c1-21(2,3)18(27-7)14-24-20(22-4)23-13-15-12-19(26(5)6)25-17-11-9-8-10-16(15)17/h8-12,18H,13-14H2,1-7H3,(H2,22,23,24).